The molecule has 4 aliphatic rings. The van der Waals surface area contributed by atoms with Crippen molar-refractivity contribution in [1.82, 2.24) is 4.90 Å². The Morgan fingerprint density at radius 2 is 1.44 bits per heavy atom. The Labute approximate surface area is 425 Å². The normalized spacial score (nSPS) is 37.6. The number of methoxy groups -OCH3 is 2. The summed E-state index contributed by atoms with van der Waals surface area (Å²) in [5.74, 6) is -3.52. The number of fused-ring (bicyclic) bond motifs is 3. The average molecular weight is 1020 g/mol. The number of carbonyl (C=O) groups is 4. The van der Waals surface area contributed by atoms with Crippen molar-refractivity contribution in [1.29, 1.82) is 0 Å². The smallest absolute Gasteiger partial charge is 0.308 e. The second kappa shape index (κ2) is 28.7. The quantitative estimate of drug-likeness (QED) is 0.0657. The van der Waals surface area contributed by atoms with Crippen LogP contribution in [0.4, 0.5) is 0 Å². The predicted molar refractivity (Wildman–Crippen MR) is 269 cm³/mol. The summed E-state index contributed by atoms with van der Waals surface area (Å²) in [5, 5.41) is 0. The molecule has 0 aliphatic carbocycles. The summed E-state index contributed by atoms with van der Waals surface area (Å²) in [6.45, 7) is 25.5. The summed E-state index contributed by atoms with van der Waals surface area (Å²) < 4.78 is 76.8. The Bertz CT molecular complexity index is 1780. The van der Waals surface area contributed by atoms with Gasteiger partial charge in [0, 0.05) is 52.4 Å². The molecule has 4 aliphatic heterocycles. The van der Waals surface area contributed by atoms with Gasteiger partial charge in [-0.25, -0.2) is 0 Å². The van der Waals surface area contributed by atoms with Crippen LogP contribution in [-0.2, 0) is 75.7 Å². The molecular weight excluding hydrogens is 935 g/mol. The van der Waals surface area contributed by atoms with Gasteiger partial charge in [0.05, 0.1) is 62.8 Å². The van der Waals surface area contributed by atoms with Gasteiger partial charge in [-0.1, -0.05) is 65.8 Å². The first-order valence-electron chi connectivity index (χ1n) is 25.9. The molecule has 18 heteroatoms. The molecule has 0 aromatic carbocycles. The molecule has 0 aromatic heterocycles. The maximum Gasteiger partial charge on any atom is 0.308 e. The largest absolute Gasteiger partial charge is 0.462 e. The number of esters is 3. The minimum Gasteiger partial charge on any atom is -0.462 e. The molecule has 406 valence electrons. The van der Waals surface area contributed by atoms with Crippen LogP contribution in [0.5, 0.6) is 0 Å². The number of carbonyl (C=O) groups excluding carboxylic acids is 4. The summed E-state index contributed by atoms with van der Waals surface area (Å²) in [4.78, 5) is 55.6. The van der Waals surface area contributed by atoms with Crippen molar-refractivity contribution >= 4 is 32.0 Å². The Morgan fingerprint density at radius 1 is 0.817 bits per heavy atom. The lowest BCUT2D eigenvalue weighted by Crippen LogP contribution is -2.65. The van der Waals surface area contributed by atoms with Gasteiger partial charge in [-0.3, -0.25) is 24.1 Å². The summed E-state index contributed by atoms with van der Waals surface area (Å²) in [6.07, 6.45) is -2.07. The Balaban J connectivity index is 1.74. The van der Waals surface area contributed by atoms with Crippen LogP contribution in [0, 0.1) is 23.7 Å². The van der Waals surface area contributed by atoms with Gasteiger partial charge < -0.3 is 56.5 Å². The molecule has 4 heterocycles. The maximum atomic E-state index is 14.5. The highest BCUT2D eigenvalue weighted by Crippen LogP contribution is 2.38. The van der Waals surface area contributed by atoms with Gasteiger partial charge in [0.25, 0.3) is 0 Å². The zero-order chi connectivity index (χ0) is 52.7. The number of ketones is 1. The summed E-state index contributed by atoms with van der Waals surface area (Å²) >= 11 is 0. The second-order valence-corrected chi connectivity index (χ2v) is 25.1. The van der Waals surface area contributed by atoms with Crippen LogP contribution in [0.25, 0.3) is 0 Å². The monoisotopic (exact) mass is 1020 g/mol. The van der Waals surface area contributed by atoms with E-state index in [4.69, 9.17) is 56.5 Å². The van der Waals surface area contributed by atoms with Gasteiger partial charge in [-0.15, -0.1) is 0 Å². The van der Waals surface area contributed by atoms with Gasteiger partial charge in [-0.2, -0.15) is 0 Å². The third kappa shape index (κ3) is 16.6. The number of allylic oxidation sites excluding steroid dienone is 3. The van der Waals surface area contributed by atoms with Crippen molar-refractivity contribution in [2.24, 2.45) is 23.7 Å². The maximum absolute atomic E-state index is 14.5. The molecule has 3 fully saturated rings. The van der Waals surface area contributed by atoms with Crippen LogP contribution in [0.3, 0.4) is 0 Å². The average Bonchev–Trinajstić information content (AvgIpc) is 3.34. The van der Waals surface area contributed by atoms with Crippen molar-refractivity contribution in [3.63, 3.8) is 0 Å². The lowest BCUT2D eigenvalue weighted by Gasteiger charge is -2.48. The highest BCUT2D eigenvalue weighted by molar-refractivity contribution is 6.73. The molecule has 2 bridgehead atoms. The number of cyclic esters (lactones) is 1. The van der Waals surface area contributed by atoms with Crippen molar-refractivity contribution in [3.8, 4) is 0 Å². The molecule has 3 saturated heterocycles. The van der Waals surface area contributed by atoms with Gasteiger partial charge in [0.15, 0.2) is 32.8 Å². The second-order valence-electron chi connectivity index (χ2n) is 20.3. The Morgan fingerprint density at radius 3 is 2.03 bits per heavy atom. The first-order chi connectivity index (χ1) is 33.7. The lowest BCUT2D eigenvalue weighted by atomic mass is 9.79. The first kappa shape index (κ1) is 60.7. The zero-order valence-corrected chi connectivity index (χ0v) is 46.5. The SMILES string of the molecule is C=C1COCC[C@H]2C[C@@H](C)C(=O)/C=C/C(C)=C/[C@H](COC3O[C@H](C)[C@@H](O[Si](CC)(CC)CC)[C@@H](OC)[C@H]3OC)[C@@H](CC)OC(=O)C[C@@H](OC1)[C@H](C)[C@H]2OC1O[C@H](C)[C@@H](OC(C)=O)[C@H](N(C)C)[C@H]1OC(C)=O. The summed E-state index contributed by atoms with van der Waals surface area (Å²) in [6, 6.07) is 2.25. The van der Waals surface area contributed by atoms with Gasteiger partial charge in [-0.05, 0) is 89.8 Å². The van der Waals surface area contributed by atoms with E-state index in [0.29, 0.717) is 31.4 Å². The highest BCUT2D eigenvalue weighted by Gasteiger charge is 2.53. The molecule has 0 aromatic rings. The number of hydrogen-bond donors (Lipinski definition) is 0. The number of ether oxygens (including phenoxy) is 11. The van der Waals surface area contributed by atoms with E-state index < -0.39 is 111 Å². The Kier molecular flexibility index (Phi) is 24.5. The van der Waals surface area contributed by atoms with Gasteiger partial charge in [0.2, 0.25) is 0 Å². The summed E-state index contributed by atoms with van der Waals surface area (Å²) in [5.41, 5.74) is 1.46. The van der Waals surface area contributed by atoms with E-state index in [9.17, 15) is 19.2 Å². The van der Waals surface area contributed by atoms with E-state index in [1.165, 1.54) is 13.8 Å². The molecule has 0 saturated carbocycles. The molecule has 2 unspecified atom stereocenters. The lowest BCUT2D eigenvalue weighted by molar-refractivity contribution is -0.308. The fraction of sp³-hybridized carbons (Fsp3) is 0.811. The molecule has 0 spiro atoms. The van der Waals surface area contributed by atoms with Crippen LogP contribution in [0.15, 0.2) is 36.0 Å². The van der Waals surface area contributed by atoms with Crippen LogP contribution in [-0.4, -0.2) is 171 Å². The molecule has 0 amide bonds. The molecular formula is C53H89NO16Si. The van der Waals surface area contributed by atoms with E-state index in [-0.39, 0.29) is 50.2 Å². The van der Waals surface area contributed by atoms with E-state index in [1.807, 2.05) is 45.6 Å². The standard InChI is InChI=1S/C53H89NO16Si/c1-17-42-40(30-63-52-51(60-16)50(59-15)48(36(10)64-52)70-71(18-2,19-3)20-4)25-31(5)21-22-41(57)33(7)26-39-23-24-61-28-32(6)29-62-43(27-44(58)68-42)34(8)46(39)69-53-49(67-38(12)56)45(54(13)14)47(35(9)65-53)66-37(11)55/h21-22,25,33-36,39-40,42-43,45-53H,6,17-20,23-24,26-30H2,1-5,7-16H3/b22-21+,31-25+/t33-,34+,35-,36-,39+,40-,42-,43-,45+,46-,47-,48-,49-,50-,51-,52?,53?/m1/s1. The van der Waals surface area contributed by atoms with Crippen molar-refractivity contribution in [2.75, 3.05) is 54.7 Å². The zero-order valence-electron chi connectivity index (χ0n) is 45.5. The van der Waals surface area contributed by atoms with Crippen LogP contribution in [0.1, 0.15) is 102 Å². The number of hydrogen-bond acceptors (Lipinski definition) is 17. The predicted octanol–water partition coefficient (Wildman–Crippen LogP) is 7.15. The third-order valence-corrected chi connectivity index (χ3v) is 19.6. The fourth-order valence-electron chi connectivity index (χ4n) is 10.7. The first-order valence-corrected chi connectivity index (χ1v) is 28.5. The van der Waals surface area contributed by atoms with E-state index in [2.05, 4.69) is 27.4 Å². The fourth-order valence-corrected chi connectivity index (χ4v) is 13.6. The van der Waals surface area contributed by atoms with Crippen molar-refractivity contribution in [2.45, 2.75) is 200 Å². The third-order valence-electron chi connectivity index (χ3n) is 15.0. The number of nitrogens with zero attached hydrogens (tertiary/aromatic N) is 1. The Hall–Kier alpha value is -2.88. The highest BCUT2D eigenvalue weighted by atomic mass is 28.4. The van der Waals surface area contributed by atoms with Gasteiger partial charge >= 0.3 is 17.9 Å². The molecule has 71 heavy (non-hydrogen) atoms. The van der Waals surface area contributed by atoms with E-state index in [0.717, 1.165) is 23.7 Å². The number of rotatable bonds is 16. The van der Waals surface area contributed by atoms with Gasteiger partial charge in [0.1, 0.15) is 24.4 Å². The molecule has 4 rings (SSSR count). The molecule has 17 nitrogen and oxygen atoms in total. The van der Waals surface area contributed by atoms with Crippen LogP contribution >= 0.6 is 0 Å². The van der Waals surface area contributed by atoms with E-state index >= 15 is 0 Å². The van der Waals surface area contributed by atoms with Crippen LogP contribution in [0.2, 0.25) is 18.1 Å². The van der Waals surface area contributed by atoms with Crippen LogP contribution < -0.4 is 0 Å². The van der Waals surface area contributed by atoms with Crippen molar-refractivity contribution < 1.29 is 75.7 Å². The molecule has 0 N–H and O–H groups in total. The van der Waals surface area contributed by atoms with E-state index in [1.54, 1.807) is 47.4 Å². The minimum absolute atomic E-state index is 0.0847. The van der Waals surface area contributed by atoms with Crippen molar-refractivity contribution in [3.05, 3.63) is 36.0 Å². The molecule has 17 atom stereocenters. The number of likely N-dealkylation sites (N-methyl/N-ethyl adjacent to an activating group) is 1. The molecule has 0 radical (unpaired) electrons. The topological polar surface area (TPSA) is 182 Å². The minimum atomic E-state index is -2.06. The summed E-state index contributed by atoms with van der Waals surface area (Å²) in [7, 11) is 4.81.